The molecule has 4 nitrogen and oxygen atoms in total. The van der Waals surface area contributed by atoms with Gasteiger partial charge in [0.2, 0.25) is 0 Å². The van der Waals surface area contributed by atoms with Gasteiger partial charge in [0.05, 0.1) is 24.9 Å². The Morgan fingerprint density at radius 3 is 3.00 bits per heavy atom. The number of aliphatic hydroxyl groups is 1. The molecule has 1 heterocycles. The van der Waals surface area contributed by atoms with Crippen LogP contribution in [-0.4, -0.2) is 48.3 Å². The fraction of sp³-hybridized carbons (Fsp3) is 0.417. The van der Waals surface area contributed by atoms with Gasteiger partial charge in [0.15, 0.2) is 0 Å². The lowest BCUT2D eigenvalue weighted by Crippen LogP contribution is -2.47. The van der Waals surface area contributed by atoms with Gasteiger partial charge >= 0.3 is 0 Å². The summed E-state index contributed by atoms with van der Waals surface area (Å²) in [5, 5.41) is 8.96. The first-order valence-corrected chi connectivity index (χ1v) is 5.58. The summed E-state index contributed by atoms with van der Waals surface area (Å²) >= 11 is 0. The van der Waals surface area contributed by atoms with E-state index in [-0.39, 0.29) is 25.3 Å². The minimum atomic E-state index is -0.756. The van der Waals surface area contributed by atoms with Crippen molar-refractivity contribution in [1.82, 2.24) is 4.90 Å². The maximum Gasteiger partial charge on any atom is 0.257 e. The third-order valence-corrected chi connectivity index (χ3v) is 2.79. The molecule has 2 rings (SSSR count). The zero-order chi connectivity index (χ0) is 13.1. The summed E-state index contributed by atoms with van der Waals surface area (Å²) in [4.78, 5) is 13.4. The van der Waals surface area contributed by atoms with Crippen LogP contribution >= 0.6 is 0 Å². The fourth-order valence-electron chi connectivity index (χ4n) is 1.85. The topological polar surface area (TPSA) is 49.8 Å². The number of benzene rings is 1. The molecule has 1 aliphatic rings. The lowest BCUT2D eigenvalue weighted by atomic mass is 10.1. The number of rotatable bonds is 2. The molecule has 1 atom stereocenters. The second-order valence-electron chi connectivity index (χ2n) is 4.05. The van der Waals surface area contributed by atoms with Crippen molar-refractivity contribution in [3.63, 3.8) is 0 Å². The molecule has 98 valence electrons. The number of aliphatic hydroxyl groups excluding tert-OH is 1. The van der Waals surface area contributed by atoms with E-state index in [1.54, 1.807) is 0 Å². The Hall–Kier alpha value is -1.53. The molecule has 6 heteroatoms. The number of halogens is 2. The quantitative estimate of drug-likeness (QED) is 0.852. The van der Waals surface area contributed by atoms with Crippen molar-refractivity contribution in [2.24, 2.45) is 0 Å². The van der Waals surface area contributed by atoms with E-state index in [9.17, 15) is 13.6 Å². The molecule has 1 saturated heterocycles. The van der Waals surface area contributed by atoms with Gasteiger partial charge in [-0.05, 0) is 18.2 Å². The van der Waals surface area contributed by atoms with Crippen LogP contribution in [0.1, 0.15) is 10.4 Å². The highest BCUT2D eigenvalue weighted by Gasteiger charge is 2.26. The molecule has 0 radical (unpaired) electrons. The molecule has 18 heavy (non-hydrogen) atoms. The fourth-order valence-corrected chi connectivity index (χ4v) is 1.85. The highest BCUT2D eigenvalue weighted by molar-refractivity contribution is 5.94. The number of carbonyl (C=O) groups excluding carboxylic acids is 1. The van der Waals surface area contributed by atoms with Gasteiger partial charge in [-0.2, -0.15) is 0 Å². The maximum absolute atomic E-state index is 13.5. The van der Waals surface area contributed by atoms with Gasteiger partial charge in [-0.15, -0.1) is 0 Å². The van der Waals surface area contributed by atoms with E-state index >= 15 is 0 Å². The molecular weight excluding hydrogens is 244 g/mol. The average molecular weight is 257 g/mol. The van der Waals surface area contributed by atoms with Gasteiger partial charge in [-0.3, -0.25) is 4.79 Å². The van der Waals surface area contributed by atoms with Crippen molar-refractivity contribution in [2.45, 2.75) is 6.10 Å². The lowest BCUT2D eigenvalue weighted by Gasteiger charge is -2.32. The van der Waals surface area contributed by atoms with Gasteiger partial charge < -0.3 is 14.7 Å². The minimum absolute atomic E-state index is 0.172. The van der Waals surface area contributed by atoms with E-state index in [0.29, 0.717) is 6.54 Å². The zero-order valence-electron chi connectivity index (χ0n) is 9.60. The Morgan fingerprint density at radius 1 is 1.50 bits per heavy atom. The van der Waals surface area contributed by atoms with Gasteiger partial charge in [-0.1, -0.05) is 0 Å². The largest absolute Gasteiger partial charge is 0.394 e. The number of carbonyl (C=O) groups is 1. The Morgan fingerprint density at radius 2 is 2.28 bits per heavy atom. The van der Waals surface area contributed by atoms with Gasteiger partial charge in [0.1, 0.15) is 11.6 Å². The summed E-state index contributed by atoms with van der Waals surface area (Å²) in [5.41, 5.74) is -0.298. The molecular formula is C12H13F2NO3. The highest BCUT2D eigenvalue weighted by Crippen LogP contribution is 2.15. The molecule has 0 bridgehead atoms. The number of amides is 1. The van der Waals surface area contributed by atoms with E-state index in [4.69, 9.17) is 9.84 Å². The van der Waals surface area contributed by atoms with Gasteiger partial charge in [0, 0.05) is 13.1 Å². The first-order chi connectivity index (χ1) is 8.61. The van der Waals surface area contributed by atoms with Crippen LogP contribution in [0.5, 0.6) is 0 Å². The van der Waals surface area contributed by atoms with Gasteiger partial charge in [-0.25, -0.2) is 8.78 Å². The summed E-state index contributed by atoms with van der Waals surface area (Å²) in [5.74, 6) is -2.01. The molecule has 1 amide bonds. The Labute approximate surface area is 103 Å². The summed E-state index contributed by atoms with van der Waals surface area (Å²) in [6.07, 6.45) is -0.473. The first kappa shape index (κ1) is 12.9. The van der Waals surface area contributed by atoms with Crippen molar-refractivity contribution in [3.05, 3.63) is 35.4 Å². The molecule has 1 unspecified atom stereocenters. The van der Waals surface area contributed by atoms with Crippen LogP contribution in [0.3, 0.4) is 0 Å². The second-order valence-corrected chi connectivity index (χ2v) is 4.05. The van der Waals surface area contributed by atoms with Crippen LogP contribution in [0.4, 0.5) is 8.78 Å². The molecule has 1 fully saturated rings. The van der Waals surface area contributed by atoms with E-state index in [1.807, 2.05) is 0 Å². The maximum atomic E-state index is 13.5. The third kappa shape index (κ3) is 2.65. The van der Waals surface area contributed by atoms with Crippen molar-refractivity contribution in [3.8, 4) is 0 Å². The summed E-state index contributed by atoms with van der Waals surface area (Å²) in [6.45, 7) is 0.528. The molecule has 1 aromatic carbocycles. The molecule has 1 aliphatic heterocycles. The van der Waals surface area contributed by atoms with Crippen LogP contribution in [0, 0.1) is 11.6 Å². The molecule has 0 aliphatic carbocycles. The molecule has 0 aromatic heterocycles. The Kier molecular flexibility index (Phi) is 3.88. The van der Waals surface area contributed by atoms with Crippen LogP contribution in [0.2, 0.25) is 0 Å². The van der Waals surface area contributed by atoms with E-state index < -0.39 is 23.6 Å². The second kappa shape index (κ2) is 5.41. The van der Waals surface area contributed by atoms with Crippen LogP contribution in [0.15, 0.2) is 18.2 Å². The van der Waals surface area contributed by atoms with Crippen molar-refractivity contribution in [2.75, 3.05) is 26.3 Å². The van der Waals surface area contributed by atoms with E-state index in [2.05, 4.69) is 0 Å². The van der Waals surface area contributed by atoms with E-state index in [0.717, 1.165) is 18.2 Å². The minimum Gasteiger partial charge on any atom is -0.394 e. The summed E-state index contributed by atoms with van der Waals surface area (Å²) < 4.78 is 31.7. The van der Waals surface area contributed by atoms with E-state index in [1.165, 1.54) is 4.90 Å². The predicted molar refractivity (Wildman–Crippen MR) is 59.1 cm³/mol. The average Bonchev–Trinajstić information content (AvgIpc) is 2.41. The van der Waals surface area contributed by atoms with Crippen molar-refractivity contribution in [1.29, 1.82) is 0 Å². The molecule has 1 N–H and O–H groups in total. The number of nitrogens with zero attached hydrogens (tertiary/aromatic N) is 1. The number of ether oxygens (including phenoxy) is 1. The first-order valence-electron chi connectivity index (χ1n) is 5.58. The number of morpholine rings is 1. The molecule has 0 saturated carbocycles. The SMILES string of the molecule is O=C(c1cc(F)ccc1F)N1CCOC(CO)C1. The predicted octanol–water partition coefficient (Wildman–Crippen LogP) is 0.798. The normalized spacial score (nSPS) is 19.9. The Balaban J connectivity index is 2.17. The van der Waals surface area contributed by atoms with Gasteiger partial charge in [0.25, 0.3) is 5.91 Å². The summed E-state index contributed by atoms with van der Waals surface area (Å²) in [6, 6.07) is 2.76. The third-order valence-electron chi connectivity index (χ3n) is 2.79. The number of hydrogen-bond acceptors (Lipinski definition) is 3. The monoisotopic (exact) mass is 257 g/mol. The Bertz CT molecular complexity index is 453. The van der Waals surface area contributed by atoms with Crippen LogP contribution in [-0.2, 0) is 4.74 Å². The molecule has 1 aromatic rings. The smallest absolute Gasteiger partial charge is 0.257 e. The van der Waals surface area contributed by atoms with Crippen LogP contribution < -0.4 is 0 Å². The summed E-state index contributed by atoms with van der Waals surface area (Å²) in [7, 11) is 0. The molecule has 0 spiro atoms. The zero-order valence-corrected chi connectivity index (χ0v) is 9.60. The highest BCUT2D eigenvalue weighted by atomic mass is 19.1. The van der Waals surface area contributed by atoms with Crippen molar-refractivity contribution >= 4 is 5.91 Å². The van der Waals surface area contributed by atoms with Crippen LogP contribution in [0.25, 0.3) is 0 Å². The standard InChI is InChI=1S/C12H13F2NO3/c13-8-1-2-11(14)10(5-8)12(17)15-3-4-18-9(6-15)7-16/h1-2,5,9,16H,3-4,6-7H2. The number of hydrogen-bond donors (Lipinski definition) is 1. The van der Waals surface area contributed by atoms with Crippen molar-refractivity contribution < 1.29 is 23.4 Å². The lowest BCUT2D eigenvalue weighted by molar-refractivity contribution is -0.0448.